The molecule has 0 aromatic carbocycles. The van der Waals surface area contributed by atoms with Crippen molar-refractivity contribution in [2.24, 2.45) is 22.7 Å². The Bertz CT molecular complexity index is 1660. The van der Waals surface area contributed by atoms with Gasteiger partial charge in [-0.25, -0.2) is 9.59 Å². The van der Waals surface area contributed by atoms with Crippen molar-refractivity contribution in [3.63, 3.8) is 0 Å². The van der Waals surface area contributed by atoms with E-state index in [0.717, 1.165) is 0 Å². The predicted octanol–water partition coefficient (Wildman–Crippen LogP) is 5.29. The number of esters is 4. The second-order valence-electron chi connectivity index (χ2n) is 19.8. The SMILES string of the molecule is CC(=O)O[C@H]1C/C=C/[C@@H]2C[C@H](OC(=O)[C@H]3O[B-]45O[C@H](C(=O)O[C@H]6C[C@@H](/C=C/C[C@H](OC(C)=O)C(C)(C)[C@@H]7CC[C@@H](C)[C@]3(O7)O4)O[C@@H]6C)[C@@]3(O[C@@H](CC[C@H]3C)C1(C)C)O5)[C@@H](C)O2. The molecule has 0 radical (unpaired) electrons. The molecule has 0 unspecified atom stereocenters. The molecule has 340 valence electrons. The first-order chi connectivity index (χ1) is 28.7. The summed E-state index contributed by atoms with van der Waals surface area (Å²) in [4.78, 5) is 54.9. The van der Waals surface area contributed by atoms with Crippen molar-refractivity contribution in [1.82, 2.24) is 0 Å². The minimum Gasteiger partial charge on any atom is -0.504 e. The van der Waals surface area contributed by atoms with Crippen LogP contribution in [0.25, 0.3) is 0 Å². The van der Waals surface area contributed by atoms with Gasteiger partial charge in [0.15, 0.2) is 23.8 Å². The summed E-state index contributed by atoms with van der Waals surface area (Å²) in [7, 11) is 0. The highest BCUT2D eigenvalue weighted by molar-refractivity contribution is 6.56. The maximum Gasteiger partial charge on any atom is 0.536 e. The molecule has 0 aliphatic carbocycles. The first kappa shape index (κ1) is 44.7. The Balaban J connectivity index is 1.28. The van der Waals surface area contributed by atoms with Gasteiger partial charge in [-0.15, -0.1) is 0 Å². The maximum atomic E-state index is 14.8. The Kier molecular flexibility index (Phi) is 11.9. The zero-order valence-corrected chi connectivity index (χ0v) is 37.2. The Hall–Kier alpha value is -2.90. The van der Waals surface area contributed by atoms with Gasteiger partial charge in [-0.05, 0) is 39.5 Å². The van der Waals surface area contributed by atoms with Gasteiger partial charge in [0.25, 0.3) is 0 Å². The molecule has 3 spiro atoms. The fraction of sp³-hybridized carbons (Fsp3) is 0.818. The normalized spacial score (nSPS) is 49.0. The number of carbonyl (C=O) groups is 4. The molecule has 8 heterocycles. The number of rotatable bonds is 2. The zero-order chi connectivity index (χ0) is 43.9. The summed E-state index contributed by atoms with van der Waals surface area (Å²) in [6, 6.07) is 0. The van der Waals surface area contributed by atoms with Gasteiger partial charge in [-0.3, -0.25) is 9.59 Å². The molecule has 16 nitrogen and oxygen atoms in total. The van der Waals surface area contributed by atoms with E-state index in [4.69, 9.17) is 56.5 Å². The smallest absolute Gasteiger partial charge is 0.504 e. The Morgan fingerprint density at radius 1 is 0.639 bits per heavy atom. The van der Waals surface area contributed by atoms with E-state index in [9.17, 15) is 19.2 Å². The lowest BCUT2D eigenvalue weighted by atomic mass is 9.73. The molecule has 6 saturated heterocycles. The highest BCUT2D eigenvalue weighted by Gasteiger charge is 2.73. The van der Waals surface area contributed by atoms with Gasteiger partial charge in [0, 0.05) is 62.2 Å². The van der Waals surface area contributed by atoms with Gasteiger partial charge in [0.05, 0.1) is 36.6 Å². The second-order valence-corrected chi connectivity index (χ2v) is 19.8. The number of hydrogen-bond acceptors (Lipinski definition) is 16. The summed E-state index contributed by atoms with van der Waals surface area (Å²) >= 11 is 0. The van der Waals surface area contributed by atoms with Crippen LogP contribution in [0.2, 0.25) is 0 Å². The summed E-state index contributed by atoms with van der Waals surface area (Å²) in [5, 5.41) is 0. The molecule has 0 N–H and O–H groups in total. The minimum atomic E-state index is -3.50. The van der Waals surface area contributed by atoms with Crippen molar-refractivity contribution in [3.8, 4) is 0 Å². The number of carbonyl (C=O) groups excluding carboxylic acids is 4. The highest BCUT2D eigenvalue weighted by Crippen LogP contribution is 2.57. The average Bonchev–Trinajstić information content (AvgIpc) is 3.90. The third kappa shape index (κ3) is 8.01. The number of ether oxygens (including phenoxy) is 8. The molecule has 8 aliphatic rings. The van der Waals surface area contributed by atoms with Crippen molar-refractivity contribution in [2.75, 3.05) is 0 Å². The minimum absolute atomic E-state index is 0.335. The van der Waals surface area contributed by atoms with Gasteiger partial charge in [0.2, 0.25) is 0 Å². The van der Waals surface area contributed by atoms with Crippen LogP contribution in [0, 0.1) is 22.7 Å². The fourth-order valence-corrected chi connectivity index (χ4v) is 10.8. The van der Waals surface area contributed by atoms with Gasteiger partial charge >= 0.3 is 30.8 Å². The first-order valence-corrected chi connectivity index (χ1v) is 22.3. The van der Waals surface area contributed by atoms with Crippen LogP contribution in [0.4, 0.5) is 0 Å². The van der Waals surface area contributed by atoms with E-state index < -0.39 is 138 Å². The van der Waals surface area contributed by atoms with Crippen LogP contribution < -0.4 is 0 Å². The molecule has 0 aromatic rings. The summed E-state index contributed by atoms with van der Waals surface area (Å²) in [6.45, 7) is 14.5. The van der Waals surface area contributed by atoms with Crippen LogP contribution in [-0.2, 0) is 75.7 Å². The van der Waals surface area contributed by atoms with E-state index >= 15 is 0 Å². The predicted molar refractivity (Wildman–Crippen MR) is 214 cm³/mol. The van der Waals surface area contributed by atoms with Gasteiger partial charge < -0.3 is 56.5 Å². The molecule has 6 fully saturated rings. The number of hydrogen-bond donors (Lipinski definition) is 0. The molecule has 17 heteroatoms. The molecule has 11 bridgehead atoms. The molecule has 0 aromatic heterocycles. The van der Waals surface area contributed by atoms with E-state index in [1.807, 2.05) is 79.7 Å². The molecular weight excluding hydrogens is 795 g/mol. The first-order valence-electron chi connectivity index (χ1n) is 22.3. The monoisotopic (exact) mass is 859 g/mol. The molecular formula is C44H64BO16-. The second kappa shape index (κ2) is 16.3. The van der Waals surface area contributed by atoms with Gasteiger partial charge in [-0.1, -0.05) is 65.8 Å². The standard InChI is InChI=1S/C44H64BO16/c1-23-17-19-35-41(7,8)33(52-27(5)46)15-11-13-30-22-32(26(4)51-30)55-40(49)38-44-24(2)18-20-36(57-44)42(9,10)34(53-28(6)47)16-12-14-29-21-31(25(3)50-29)54-39(48)37-43(23,56-35)60-45(58-37,59-38)61-44/h11-14,23-26,29-38H,15-22H2,1-10H3/q-1/b13-11+,14-12+/t23-,24-,25-,26-,29-,30-,31+,32+,33+,34+,35+,36+,37-,38-,43+,44+,45?/m1/s1. The van der Waals surface area contributed by atoms with Crippen molar-refractivity contribution in [2.45, 2.75) is 205 Å². The molecule has 61 heavy (non-hydrogen) atoms. The maximum absolute atomic E-state index is 14.8. The summed E-state index contributed by atoms with van der Waals surface area (Å²) in [5.41, 5.74) is -1.69. The lowest BCUT2D eigenvalue weighted by molar-refractivity contribution is -0.311. The molecule has 16 atom stereocenters. The average molecular weight is 860 g/mol. The van der Waals surface area contributed by atoms with Crippen LogP contribution in [0.5, 0.6) is 0 Å². The van der Waals surface area contributed by atoms with Crippen LogP contribution in [0.15, 0.2) is 24.3 Å². The third-order valence-corrected chi connectivity index (χ3v) is 14.8. The van der Waals surface area contributed by atoms with Crippen molar-refractivity contribution in [1.29, 1.82) is 0 Å². The van der Waals surface area contributed by atoms with Crippen LogP contribution in [-0.4, -0.2) is 116 Å². The van der Waals surface area contributed by atoms with E-state index in [-0.39, 0.29) is 0 Å². The number of fused-ring (bicyclic) bond motifs is 8. The van der Waals surface area contributed by atoms with Gasteiger partial charge in [-0.2, -0.15) is 0 Å². The summed E-state index contributed by atoms with van der Waals surface area (Å²) in [5.74, 6) is -7.22. The Morgan fingerprint density at radius 3 is 1.41 bits per heavy atom. The van der Waals surface area contributed by atoms with Crippen LogP contribution in [0.1, 0.15) is 121 Å². The fourth-order valence-electron chi connectivity index (χ4n) is 10.8. The molecule has 8 rings (SSSR count). The van der Waals surface area contributed by atoms with Crippen LogP contribution in [0.3, 0.4) is 0 Å². The lowest BCUT2D eigenvalue weighted by Gasteiger charge is -2.53. The molecule has 8 aliphatic heterocycles. The van der Waals surface area contributed by atoms with E-state index in [2.05, 4.69) is 0 Å². The van der Waals surface area contributed by atoms with Crippen molar-refractivity contribution < 1.29 is 75.7 Å². The Morgan fingerprint density at radius 2 is 1.03 bits per heavy atom. The highest BCUT2D eigenvalue weighted by atomic mass is 17.0. The van der Waals surface area contributed by atoms with E-state index in [0.29, 0.717) is 51.4 Å². The topological polar surface area (TPSA) is 179 Å². The van der Waals surface area contributed by atoms with E-state index in [1.165, 1.54) is 13.8 Å². The van der Waals surface area contributed by atoms with Crippen molar-refractivity contribution in [3.05, 3.63) is 24.3 Å². The zero-order valence-electron chi connectivity index (χ0n) is 37.2. The Labute approximate surface area is 358 Å². The summed E-state index contributed by atoms with van der Waals surface area (Å²) in [6.07, 6.45) is 2.18. The van der Waals surface area contributed by atoms with Crippen molar-refractivity contribution >= 4 is 30.8 Å². The summed E-state index contributed by atoms with van der Waals surface area (Å²) < 4.78 is 78.6. The third-order valence-electron chi connectivity index (χ3n) is 14.8. The van der Waals surface area contributed by atoms with Gasteiger partial charge in [0.1, 0.15) is 24.4 Å². The lowest BCUT2D eigenvalue weighted by Crippen LogP contribution is -2.61. The van der Waals surface area contributed by atoms with E-state index in [1.54, 1.807) is 0 Å². The molecule has 0 amide bonds. The quantitative estimate of drug-likeness (QED) is 0.151. The largest absolute Gasteiger partial charge is 0.536 e. The van der Waals surface area contributed by atoms with Crippen LogP contribution >= 0.6 is 0 Å². The molecule has 0 saturated carbocycles.